The van der Waals surface area contributed by atoms with Gasteiger partial charge in [0.05, 0.1) is 18.9 Å². The Kier molecular flexibility index (Phi) is 6.92. The molecule has 9 nitrogen and oxygen atoms in total. The van der Waals surface area contributed by atoms with E-state index in [9.17, 15) is 13.6 Å². The Bertz CT molecular complexity index is 1520. The SMILES string of the molecule is C=CC(=O)N1CCN([C@@H]2CN3c4cc(N5CCC6(CC5)OC5(COC5)c5nccc(C)c56)nc(C(F)F)c4C[C@H](F)CC23)CC1. The first-order valence-electron chi connectivity index (χ1n) is 16.1. The van der Waals surface area contributed by atoms with Crippen molar-refractivity contribution in [2.24, 2.45) is 0 Å². The molecule has 6 aliphatic heterocycles. The summed E-state index contributed by atoms with van der Waals surface area (Å²) in [5.74, 6) is 0.435. The average molecular weight is 625 g/mol. The zero-order valence-electron chi connectivity index (χ0n) is 25.6. The van der Waals surface area contributed by atoms with Crippen molar-refractivity contribution in [3.05, 3.63) is 59.1 Å². The van der Waals surface area contributed by atoms with Crippen LogP contribution in [-0.2, 0) is 31.9 Å². The minimum absolute atomic E-state index is 0.0617. The second-order valence-corrected chi connectivity index (χ2v) is 13.5. The Morgan fingerprint density at radius 1 is 1.11 bits per heavy atom. The first-order valence-corrected chi connectivity index (χ1v) is 16.1. The number of carbonyl (C=O) groups is 1. The lowest BCUT2D eigenvalue weighted by Crippen LogP contribution is -2.69. The lowest BCUT2D eigenvalue weighted by atomic mass is 9.81. The summed E-state index contributed by atoms with van der Waals surface area (Å²) in [6.07, 6.45) is 0.710. The fourth-order valence-electron chi connectivity index (χ4n) is 8.67. The quantitative estimate of drug-likeness (QED) is 0.478. The lowest BCUT2D eigenvalue weighted by molar-refractivity contribution is -0.260. The molecule has 0 saturated carbocycles. The molecule has 1 unspecified atom stereocenters. The molecule has 3 atom stereocenters. The van der Waals surface area contributed by atoms with Crippen molar-refractivity contribution in [2.45, 2.75) is 68.5 Å². The van der Waals surface area contributed by atoms with E-state index in [0.29, 0.717) is 88.9 Å². The molecule has 8 rings (SSSR count). The van der Waals surface area contributed by atoms with Crippen LogP contribution in [-0.4, -0.2) is 103 Å². The number of pyridine rings is 2. The molecule has 0 aliphatic carbocycles. The third-order valence-corrected chi connectivity index (χ3v) is 11.1. The number of piperazine rings is 1. The van der Waals surface area contributed by atoms with E-state index in [0.717, 1.165) is 16.8 Å². The van der Waals surface area contributed by atoms with E-state index in [1.54, 1.807) is 4.90 Å². The summed E-state index contributed by atoms with van der Waals surface area (Å²) in [6, 6.07) is 3.93. The van der Waals surface area contributed by atoms with E-state index in [-0.39, 0.29) is 36.5 Å². The number of ether oxygens (including phenoxy) is 2. The van der Waals surface area contributed by atoms with Crippen molar-refractivity contribution in [3.8, 4) is 0 Å². The smallest absolute Gasteiger partial charge is 0.280 e. The number of aromatic nitrogens is 2. The highest BCUT2D eigenvalue weighted by Crippen LogP contribution is 2.55. The number of aryl methyl sites for hydroxylation is 1. The van der Waals surface area contributed by atoms with Gasteiger partial charge < -0.3 is 24.2 Å². The summed E-state index contributed by atoms with van der Waals surface area (Å²) in [5, 5.41) is 0. The van der Waals surface area contributed by atoms with Crippen molar-refractivity contribution < 1.29 is 27.4 Å². The molecule has 1 amide bonds. The molecular weight excluding hydrogens is 585 g/mol. The number of halogens is 3. The van der Waals surface area contributed by atoms with Crippen LogP contribution in [0.15, 0.2) is 31.0 Å². The standard InChI is InChI=1S/C33H39F3N6O3/c1-3-27(43)41-12-10-39(11-13-41)25-17-42-23-16-26(38-29(31(35)36)22(23)14-21(34)15-24(25)42)40-8-5-32(6-9-40)28-20(2)4-7-37-30(28)33(45-32)18-44-19-33/h3-4,7,16,21,24-25,31H,1,5-6,8-15,17-19H2,2H3/t21-,24?,25+/m0/s1. The number of hydrogen-bond donors (Lipinski definition) is 0. The van der Waals surface area contributed by atoms with E-state index in [4.69, 9.17) is 14.5 Å². The molecule has 0 bridgehead atoms. The van der Waals surface area contributed by atoms with Crippen LogP contribution in [0.4, 0.5) is 24.7 Å². The van der Waals surface area contributed by atoms with Crippen molar-refractivity contribution in [2.75, 3.05) is 68.8 Å². The summed E-state index contributed by atoms with van der Waals surface area (Å²) >= 11 is 0. The lowest BCUT2D eigenvalue weighted by Gasteiger charge is -2.55. The molecule has 4 fully saturated rings. The van der Waals surface area contributed by atoms with Gasteiger partial charge in [-0.3, -0.25) is 14.7 Å². The van der Waals surface area contributed by atoms with Gasteiger partial charge in [0.2, 0.25) is 5.91 Å². The molecule has 0 aromatic carbocycles. The first kappa shape index (κ1) is 29.2. The van der Waals surface area contributed by atoms with Gasteiger partial charge in [0.25, 0.3) is 6.43 Å². The monoisotopic (exact) mass is 624 g/mol. The van der Waals surface area contributed by atoms with Crippen molar-refractivity contribution in [1.29, 1.82) is 0 Å². The molecule has 0 radical (unpaired) electrons. The van der Waals surface area contributed by atoms with Gasteiger partial charge in [-0.05, 0) is 37.5 Å². The summed E-state index contributed by atoms with van der Waals surface area (Å²) < 4.78 is 57.0. The van der Waals surface area contributed by atoms with Gasteiger partial charge in [-0.15, -0.1) is 0 Å². The minimum atomic E-state index is -2.80. The zero-order chi connectivity index (χ0) is 31.1. The number of carbonyl (C=O) groups excluding carboxylic acids is 1. The number of rotatable bonds is 4. The number of hydrogen-bond acceptors (Lipinski definition) is 8. The Morgan fingerprint density at radius 3 is 2.53 bits per heavy atom. The molecule has 2 aromatic rings. The van der Waals surface area contributed by atoms with Crippen molar-refractivity contribution >= 4 is 17.4 Å². The third kappa shape index (κ3) is 4.50. The van der Waals surface area contributed by atoms with E-state index in [1.807, 2.05) is 18.3 Å². The van der Waals surface area contributed by atoms with Crippen LogP contribution >= 0.6 is 0 Å². The third-order valence-electron chi connectivity index (χ3n) is 11.1. The van der Waals surface area contributed by atoms with E-state index in [1.165, 1.54) is 6.08 Å². The van der Waals surface area contributed by atoms with Crippen molar-refractivity contribution in [1.82, 2.24) is 19.8 Å². The highest BCUT2D eigenvalue weighted by atomic mass is 19.3. The van der Waals surface area contributed by atoms with Gasteiger partial charge in [-0.1, -0.05) is 6.58 Å². The zero-order valence-corrected chi connectivity index (χ0v) is 25.6. The number of nitrogens with zero attached hydrogens (tertiary/aromatic N) is 6. The van der Waals surface area contributed by atoms with E-state index in [2.05, 4.69) is 33.2 Å². The molecule has 0 N–H and O–H groups in total. The molecular formula is C33H39F3N6O3. The van der Waals surface area contributed by atoms with E-state index < -0.39 is 23.8 Å². The number of fused-ring (bicyclic) bond motifs is 6. The van der Waals surface area contributed by atoms with E-state index >= 15 is 4.39 Å². The molecule has 2 aromatic heterocycles. The molecule has 4 saturated heterocycles. The first-order chi connectivity index (χ1) is 21.7. The number of alkyl halides is 3. The van der Waals surface area contributed by atoms with Gasteiger partial charge >= 0.3 is 0 Å². The van der Waals surface area contributed by atoms with Gasteiger partial charge in [0.1, 0.15) is 23.3 Å². The van der Waals surface area contributed by atoms with Gasteiger partial charge in [-0.2, -0.15) is 0 Å². The molecule has 6 aliphatic rings. The number of piperidine rings is 1. The Morgan fingerprint density at radius 2 is 1.87 bits per heavy atom. The summed E-state index contributed by atoms with van der Waals surface area (Å²) in [5.41, 5.74) is 2.97. The van der Waals surface area contributed by atoms with Crippen LogP contribution in [0.3, 0.4) is 0 Å². The summed E-state index contributed by atoms with van der Waals surface area (Å²) in [7, 11) is 0. The van der Waals surface area contributed by atoms with Crippen LogP contribution < -0.4 is 9.80 Å². The summed E-state index contributed by atoms with van der Waals surface area (Å²) in [6.45, 7) is 11.1. The number of amides is 1. The molecule has 45 heavy (non-hydrogen) atoms. The maximum absolute atomic E-state index is 15.4. The molecule has 2 spiro atoms. The van der Waals surface area contributed by atoms with Crippen LogP contribution in [0, 0.1) is 6.92 Å². The normalized spacial score (nSPS) is 28.3. The van der Waals surface area contributed by atoms with Gasteiger partial charge in [0, 0.05) is 99.8 Å². The fourth-order valence-corrected chi connectivity index (χ4v) is 8.67. The maximum Gasteiger partial charge on any atom is 0.280 e. The highest BCUT2D eigenvalue weighted by molar-refractivity contribution is 5.87. The Hall–Kier alpha value is -3.22. The largest absolute Gasteiger partial charge is 0.374 e. The fraction of sp³-hybridized carbons (Fsp3) is 0.606. The Labute approximate surface area is 261 Å². The predicted molar refractivity (Wildman–Crippen MR) is 161 cm³/mol. The number of anilines is 2. The van der Waals surface area contributed by atoms with Crippen LogP contribution in [0.2, 0.25) is 0 Å². The van der Waals surface area contributed by atoms with Crippen LogP contribution in [0.1, 0.15) is 53.8 Å². The van der Waals surface area contributed by atoms with Gasteiger partial charge in [-0.25, -0.2) is 18.2 Å². The highest BCUT2D eigenvalue weighted by Gasteiger charge is 2.59. The van der Waals surface area contributed by atoms with Crippen LogP contribution in [0.25, 0.3) is 0 Å². The summed E-state index contributed by atoms with van der Waals surface area (Å²) in [4.78, 5) is 29.6. The van der Waals surface area contributed by atoms with Crippen molar-refractivity contribution in [3.63, 3.8) is 0 Å². The molecule has 240 valence electrons. The minimum Gasteiger partial charge on any atom is -0.374 e. The second kappa shape index (κ2) is 10.7. The Balaban J connectivity index is 1.05. The van der Waals surface area contributed by atoms with Gasteiger partial charge in [0.15, 0.2) is 5.60 Å². The topological polar surface area (TPSA) is 74.3 Å². The molecule has 8 heterocycles. The maximum atomic E-state index is 15.4. The average Bonchev–Trinajstić information content (AvgIpc) is 3.26. The molecule has 12 heteroatoms. The second-order valence-electron chi connectivity index (χ2n) is 13.5. The van der Waals surface area contributed by atoms with Crippen LogP contribution in [0.5, 0.6) is 0 Å². The predicted octanol–water partition coefficient (Wildman–Crippen LogP) is 3.65.